The van der Waals surface area contributed by atoms with Crippen LogP contribution < -0.4 is 16.4 Å². The van der Waals surface area contributed by atoms with E-state index in [1.807, 2.05) is 0 Å². The Hall–Kier alpha value is -4.82. The molecule has 0 unspecified atom stereocenters. The molecule has 1 nitrogen and oxygen atoms in total. The normalized spacial score (nSPS) is 11.4. The topological polar surface area (TPSA) is 4.93 Å². The van der Waals surface area contributed by atoms with Gasteiger partial charge in [0.2, 0.25) is 6.71 Å². The molecule has 0 saturated carbocycles. The molecular weight excluding hydrogens is 541 g/mol. The van der Waals surface area contributed by atoms with Crippen molar-refractivity contribution in [3.8, 4) is 16.8 Å². The third-order valence-corrected chi connectivity index (χ3v) is 9.65. The van der Waals surface area contributed by atoms with Gasteiger partial charge in [-0.2, -0.15) is 0 Å². The van der Waals surface area contributed by atoms with Crippen molar-refractivity contribution >= 4 is 44.9 Å². The van der Waals surface area contributed by atoms with Crippen LogP contribution in [0.4, 0.5) is 0 Å². The number of rotatable bonds is 5. The Bertz CT molecular complexity index is 2080. The molecule has 6 aromatic carbocycles. The van der Waals surface area contributed by atoms with E-state index in [9.17, 15) is 0 Å². The number of para-hydroxylation sites is 2. The van der Waals surface area contributed by atoms with Crippen molar-refractivity contribution < 1.29 is 0 Å². The van der Waals surface area contributed by atoms with Crippen LogP contribution in [0, 0.1) is 48.5 Å². The number of fused-ring (bicyclic) bond motifs is 3. The first kappa shape index (κ1) is 28.9. The average Bonchev–Trinajstić information content (AvgIpc) is 3.34. The first-order chi connectivity index (χ1) is 21.7. The summed E-state index contributed by atoms with van der Waals surface area (Å²) in [5.74, 6) is 0. The highest BCUT2D eigenvalue weighted by Gasteiger charge is 2.28. The fraction of sp³-hybridized carbons (Fsp3) is 0.163. The van der Waals surface area contributed by atoms with E-state index in [4.69, 9.17) is 0 Å². The van der Waals surface area contributed by atoms with Crippen LogP contribution in [0.3, 0.4) is 0 Å². The van der Waals surface area contributed by atoms with Crippen molar-refractivity contribution in [2.75, 3.05) is 0 Å². The maximum Gasteiger partial charge on any atom is 0.242 e. The molecule has 7 aromatic rings. The summed E-state index contributed by atoms with van der Waals surface area (Å²) in [6.45, 7) is 16.0. The van der Waals surface area contributed by atoms with Crippen molar-refractivity contribution in [3.63, 3.8) is 0 Å². The highest BCUT2D eigenvalue weighted by Crippen LogP contribution is 2.33. The number of benzene rings is 6. The molecule has 0 N–H and O–H groups in total. The third-order valence-electron chi connectivity index (χ3n) is 9.65. The van der Waals surface area contributed by atoms with E-state index in [0.29, 0.717) is 0 Å². The Morgan fingerprint density at radius 1 is 0.444 bits per heavy atom. The molecule has 1 heterocycles. The monoisotopic (exact) mass is 581 g/mol. The van der Waals surface area contributed by atoms with Crippen molar-refractivity contribution in [2.45, 2.75) is 48.5 Å². The molecule has 2 heteroatoms. The highest BCUT2D eigenvalue weighted by molar-refractivity contribution is 6.96. The summed E-state index contributed by atoms with van der Waals surface area (Å²) in [7, 11) is 0. The average molecular weight is 582 g/mol. The summed E-state index contributed by atoms with van der Waals surface area (Å²) >= 11 is 0. The molecule has 0 aliphatic heterocycles. The molecule has 7 rings (SSSR count). The van der Waals surface area contributed by atoms with E-state index in [-0.39, 0.29) is 6.71 Å². The summed E-state index contributed by atoms with van der Waals surface area (Å²) in [6, 6.07) is 43.0. The van der Waals surface area contributed by atoms with Gasteiger partial charge in [0.1, 0.15) is 0 Å². The van der Waals surface area contributed by atoms with Gasteiger partial charge in [-0.1, -0.05) is 141 Å². The minimum atomic E-state index is 0.177. The van der Waals surface area contributed by atoms with Gasteiger partial charge in [-0.05, 0) is 89.4 Å². The molecule has 0 saturated heterocycles. The third kappa shape index (κ3) is 4.99. The predicted molar refractivity (Wildman–Crippen MR) is 197 cm³/mol. The molecule has 0 bridgehead atoms. The van der Waals surface area contributed by atoms with E-state index in [0.717, 1.165) is 0 Å². The lowest BCUT2D eigenvalue weighted by atomic mass is 9.34. The first-order valence-corrected chi connectivity index (χ1v) is 16.1. The molecule has 45 heavy (non-hydrogen) atoms. The van der Waals surface area contributed by atoms with Crippen LogP contribution in [-0.4, -0.2) is 11.3 Å². The highest BCUT2D eigenvalue weighted by atomic mass is 15.0. The van der Waals surface area contributed by atoms with Gasteiger partial charge in [0.25, 0.3) is 0 Å². The Morgan fingerprint density at radius 2 is 0.911 bits per heavy atom. The van der Waals surface area contributed by atoms with Crippen LogP contribution in [0.25, 0.3) is 38.6 Å². The zero-order valence-electron chi connectivity index (χ0n) is 27.5. The van der Waals surface area contributed by atoms with Crippen LogP contribution in [0.2, 0.25) is 0 Å². The Kier molecular flexibility index (Phi) is 7.25. The van der Waals surface area contributed by atoms with Gasteiger partial charge >= 0.3 is 0 Å². The summed E-state index contributed by atoms with van der Waals surface area (Å²) < 4.78 is 2.38. The van der Waals surface area contributed by atoms with E-state index in [1.165, 1.54) is 94.0 Å². The lowest BCUT2D eigenvalue weighted by molar-refractivity contribution is 1.18. The van der Waals surface area contributed by atoms with Gasteiger partial charge in [0, 0.05) is 16.5 Å². The van der Waals surface area contributed by atoms with Crippen molar-refractivity contribution in [3.05, 3.63) is 154 Å². The van der Waals surface area contributed by atoms with Gasteiger partial charge < -0.3 is 4.57 Å². The number of hydrogen-bond donors (Lipinski definition) is 0. The summed E-state index contributed by atoms with van der Waals surface area (Å²) in [4.78, 5) is 0. The van der Waals surface area contributed by atoms with Crippen LogP contribution in [0.5, 0.6) is 0 Å². The van der Waals surface area contributed by atoms with Crippen LogP contribution in [-0.2, 0) is 0 Å². The summed E-state index contributed by atoms with van der Waals surface area (Å²) in [5, 5.41) is 2.58. The largest absolute Gasteiger partial charge is 0.309 e. The van der Waals surface area contributed by atoms with Crippen molar-refractivity contribution in [1.82, 2.24) is 4.57 Å². The standard InChI is InChI=1S/C43H40BN/c1-27-22-30(4)42(31(5)23-27)44(43-32(6)24-28(2)25-33(43)7)35-18-21-37(29(3)26-35)34-16-19-36(20-17-34)45-40-14-10-8-12-38(40)39-13-9-11-15-41(39)45/h8-26H,1-7H3. The molecular formula is C43H40BN. The fourth-order valence-corrected chi connectivity index (χ4v) is 7.95. The minimum Gasteiger partial charge on any atom is -0.309 e. The fourth-order valence-electron chi connectivity index (χ4n) is 7.95. The summed E-state index contributed by atoms with van der Waals surface area (Å²) in [5.41, 5.74) is 19.8. The molecule has 0 aliphatic carbocycles. The lowest BCUT2D eigenvalue weighted by Gasteiger charge is -2.25. The van der Waals surface area contributed by atoms with Gasteiger partial charge in [0.05, 0.1) is 11.0 Å². The Morgan fingerprint density at radius 3 is 1.38 bits per heavy atom. The second-order valence-electron chi connectivity index (χ2n) is 13.0. The van der Waals surface area contributed by atoms with Crippen LogP contribution in [0.15, 0.2) is 115 Å². The molecule has 0 aliphatic rings. The van der Waals surface area contributed by atoms with E-state index in [2.05, 4.69) is 168 Å². The van der Waals surface area contributed by atoms with Crippen molar-refractivity contribution in [2.24, 2.45) is 0 Å². The van der Waals surface area contributed by atoms with Gasteiger partial charge in [-0.3, -0.25) is 0 Å². The second kappa shape index (κ2) is 11.3. The number of aryl methyl sites for hydroxylation is 7. The molecule has 0 amide bonds. The Labute approximate surface area is 268 Å². The zero-order valence-corrected chi connectivity index (χ0v) is 27.5. The maximum atomic E-state index is 2.43. The summed E-state index contributed by atoms with van der Waals surface area (Å²) in [6.07, 6.45) is 0. The number of nitrogens with zero attached hydrogens (tertiary/aromatic N) is 1. The quantitative estimate of drug-likeness (QED) is 0.179. The zero-order chi connectivity index (χ0) is 31.4. The smallest absolute Gasteiger partial charge is 0.242 e. The molecule has 1 aromatic heterocycles. The SMILES string of the molecule is Cc1cc(C)c(B(c2ccc(-c3ccc(-n4c5ccccc5c5ccccc54)cc3)c(C)c2)c2c(C)cc(C)cc2C)c(C)c1. The molecule has 0 spiro atoms. The van der Waals surface area contributed by atoms with E-state index >= 15 is 0 Å². The minimum absolute atomic E-state index is 0.177. The molecule has 0 radical (unpaired) electrons. The maximum absolute atomic E-state index is 2.43. The van der Waals surface area contributed by atoms with E-state index in [1.54, 1.807) is 0 Å². The van der Waals surface area contributed by atoms with Crippen LogP contribution in [0.1, 0.15) is 38.9 Å². The molecule has 0 fully saturated rings. The number of aromatic nitrogens is 1. The molecule has 0 atom stereocenters. The number of hydrogen-bond acceptors (Lipinski definition) is 0. The van der Waals surface area contributed by atoms with Crippen LogP contribution >= 0.6 is 0 Å². The first-order valence-electron chi connectivity index (χ1n) is 16.1. The lowest BCUT2D eigenvalue weighted by Crippen LogP contribution is -2.55. The predicted octanol–water partition coefficient (Wildman–Crippen LogP) is 9.13. The second-order valence-corrected chi connectivity index (χ2v) is 13.0. The Balaban J connectivity index is 1.32. The van der Waals surface area contributed by atoms with Gasteiger partial charge in [0.15, 0.2) is 0 Å². The van der Waals surface area contributed by atoms with Crippen molar-refractivity contribution in [1.29, 1.82) is 0 Å². The van der Waals surface area contributed by atoms with Gasteiger partial charge in [-0.15, -0.1) is 0 Å². The molecule has 220 valence electrons. The van der Waals surface area contributed by atoms with Gasteiger partial charge in [-0.25, -0.2) is 0 Å². The van der Waals surface area contributed by atoms with E-state index < -0.39 is 0 Å².